The number of hydrogen-bond donors (Lipinski definition) is 2. The van der Waals surface area contributed by atoms with Gasteiger partial charge in [-0.15, -0.1) is 0 Å². The maximum absolute atomic E-state index is 11.9. The highest BCUT2D eigenvalue weighted by Crippen LogP contribution is 2.27. The number of carbonyl (C=O) groups excluding carboxylic acids is 1. The van der Waals surface area contributed by atoms with Crippen LogP contribution in [0.5, 0.6) is 0 Å². The molecule has 120 valence electrons. The zero-order valence-corrected chi connectivity index (χ0v) is 13.1. The third-order valence-electron chi connectivity index (χ3n) is 4.53. The van der Waals surface area contributed by atoms with Gasteiger partial charge in [0, 0.05) is 24.2 Å². The first kappa shape index (κ1) is 15.7. The number of hydrogen-bond acceptors (Lipinski definition) is 3. The Morgan fingerprint density at radius 1 is 1.30 bits per heavy atom. The van der Waals surface area contributed by atoms with E-state index in [1.807, 2.05) is 30.3 Å². The molecule has 0 spiro atoms. The first-order valence-corrected chi connectivity index (χ1v) is 8.22. The fourth-order valence-corrected chi connectivity index (χ4v) is 3.20. The van der Waals surface area contributed by atoms with Crippen LogP contribution in [0.4, 0.5) is 0 Å². The topological polar surface area (TPSA) is 62.2 Å². The highest BCUT2D eigenvalue weighted by atomic mass is 16.3. The van der Waals surface area contributed by atoms with E-state index >= 15 is 0 Å². The van der Waals surface area contributed by atoms with E-state index in [2.05, 4.69) is 10.3 Å². The van der Waals surface area contributed by atoms with Crippen LogP contribution in [0.25, 0.3) is 17.0 Å². The fourth-order valence-electron chi connectivity index (χ4n) is 3.20. The van der Waals surface area contributed by atoms with E-state index in [4.69, 9.17) is 0 Å². The minimum Gasteiger partial charge on any atom is -0.391 e. The van der Waals surface area contributed by atoms with Crippen molar-refractivity contribution in [3.63, 3.8) is 0 Å². The van der Waals surface area contributed by atoms with Gasteiger partial charge >= 0.3 is 0 Å². The van der Waals surface area contributed by atoms with Crippen molar-refractivity contribution in [3.05, 3.63) is 48.2 Å². The van der Waals surface area contributed by atoms with E-state index in [1.54, 1.807) is 12.3 Å². The standard InChI is InChI=1S/C19H22N2O2/c22-18(15-5-1-2-6-15)13-21-19(23)10-9-14-11-12-20-17-8-4-3-7-16(14)17/h3-4,7-12,15,18,22H,1-2,5-6,13H2,(H,21,23)/b10-9+. The summed E-state index contributed by atoms with van der Waals surface area (Å²) in [6.07, 6.45) is 9.12. The lowest BCUT2D eigenvalue weighted by Gasteiger charge is -2.17. The summed E-state index contributed by atoms with van der Waals surface area (Å²) in [6.45, 7) is 0.324. The number of amides is 1. The number of aliphatic hydroxyl groups excluding tert-OH is 1. The average Bonchev–Trinajstić information content (AvgIpc) is 3.12. The van der Waals surface area contributed by atoms with Crippen LogP contribution in [0.3, 0.4) is 0 Å². The van der Waals surface area contributed by atoms with Crippen molar-refractivity contribution in [1.82, 2.24) is 10.3 Å². The minimum atomic E-state index is -0.434. The molecule has 1 aromatic carbocycles. The van der Waals surface area contributed by atoms with Crippen molar-refractivity contribution < 1.29 is 9.90 Å². The largest absolute Gasteiger partial charge is 0.391 e. The van der Waals surface area contributed by atoms with Crippen LogP contribution in [0.15, 0.2) is 42.6 Å². The molecule has 1 unspecified atom stereocenters. The van der Waals surface area contributed by atoms with Gasteiger partial charge in [-0.25, -0.2) is 0 Å². The van der Waals surface area contributed by atoms with Crippen LogP contribution >= 0.6 is 0 Å². The summed E-state index contributed by atoms with van der Waals surface area (Å²) in [4.78, 5) is 16.3. The van der Waals surface area contributed by atoms with E-state index in [-0.39, 0.29) is 5.91 Å². The van der Waals surface area contributed by atoms with E-state index in [9.17, 15) is 9.90 Å². The first-order chi connectivity index (χ1) is 11.2. The van der Waals surface area contributed by atoms with Gasteiger partial charge in [-0.3, -0.25) is 9.78 Å². The quantitative estimate of drug-likeness (QED) is 0.835. The molecular weight excluding hydrogens is 288 g/mol. The van der Waals surface area contributed by atoms with Crippen LogP contribution in [-0.2, 0) is 4.79 Å². The van der Waals surface area contributed by atoms with Gasteiger partial charge < -0.3 is 10.4 Å². The predicted octanol–water partition coefficient (Wildman–Crippen LogP) is 2.92. The van der Waals surface area contributed by atoms with Gasteiger partial charge in [0.2, 0.25) is 5.91 Å². The summed E-state index contributed by atoms with van der Waals surface area (Å²) in [5.41, 5.74) is 1.87. The second kappa shape index (κ2) is 7.38. The third-order valence-corrected chi connectivity index (χ3v) is 4.53. The molecule has 4 heteroatoms. The minimum absolute atomic E-state index is 0.178. The van der Waals surface area contributed by atoms with E-state index < -0.39 is 6.10 Å². The Bertz CT molecular complexity index is 700. The molecule has 1 atom stereocenters. The van der Waals surface area contributed by atoms with E-state index in [1.165, 1.54) is 18.9 Å². The number of benzene rings is 1. The lowest BCUT2D eigenvalue weighted by molar-refractivity contribution is -0.117. The Labute approximate surface area is 136 Å². The van der Waals surface area contributed by atoms with E-state index in [0.29, 0.717) is 12.5 Å². The summed E-state index contributed by atoms with van der Waals surface area (Å²) in [5.74, 6) is 0.159. The predicted molar refractivity (Wildman–Crippen MR) is 91.8 cm³/mol. The number of para-hydroxylation sites is 1. The van der Waals surface area contributed by atoms with Crippen LogP contribution in [0.1, 0.15) is 31.2 Å². The van der Waals surface area contributed by atoms with Gasteiger partial charge in [0.05, 0.1) is 11.6 Å². The maximum atomic E-state index is 11.9. The van der Waals surface area contributed by atoms with Crippen LogP contribution in [0.2, 0.25) is 0 Å². The second-order valence-corrected chi connectivity index (χ2v) is 6.11. The SMILES string of the molecule is O=C(/C=C/c1ccnc2ccccc12)NCC(O)C1CCCC1. The first-order valence-electron chi connectivity index (χ1n) is 8.22. The molecule has 1 aromatic heterocycles. The molecule has 23 heavy (non-hydrogen) atoms. The zero-order valence-electron chi connectivity index (χ0n) is 13.1. The molecule has 1 aliphatic rings. The van der Waals surface area contributed by atoms with Crippen molar-refractivity contribution in [1.29, 1.82) is 0 Å². The Balaban J connectivity index is 1.59. The molecule has 2 N–H and O–H groups in total. The van der Waals surface area contributed by atoms with Crippen molar-refractivity contribution in [2.75, 3.05) is 6.54 Å². The molecule has 4 nitrogen and oxygen atoms in total. The van der Waals surface area contributed by atoms with Crippen LogP contribution < -0.4 is 5.32 Å². The maximum Gasteiger partial charge on any atom is 0.244 e. The normalized spacial score (nSPS) is 16.9. The van der Waals surface area contributed by atoms with Crippen molar-refractivity contribution >= 4 is 22.9 Å². The molecule has 1 fully saturated rings. The highest BCUT2D eigenvalue weighted by Gasteiger charge is 2.22. The van der Waals surface area contributed by atoms with E-state index in [0.717, 1.165) is 29.3 Å². The Morgan fingerprint density at radius 3 is 2.91 bits per heavy atom. The van der Waals surface area contributed by atoms with Gasteiger partial charge in [0.15, 0.2) is 0 Å². The van der Waals surface area contributed by atoms with Gasteiger partial charge in [0.1, 0.15) is 0 Å². The van der Waals surface area contributed by atoms with Crippen LogP contribution in [0, 0.1) is 5.92 Å². The molecule has 3 rings (SSSR count). The molecule has 0 bridgehead atoms. The lowest BCUT2D eigenvalue weighted by Crippen LogP contribution is -2.34. The summed E-state index contributed by atoms with van der Waals surface area (Å²) < 4.78 is 0. The Kier molecular flexibility index (Phi) is 5.03. The number of aromatic nitrogens is 1. The number of rotatable bonds is 5. The summed E-state index contributed by atoms with van der Waals surface area (Å²) in [7, 11) is 0. The van der Waals surface area contributed by atoms with Gasteiger partial charge in [-0.2, -0.15) is 0 Å². The van der Waals surface area contributed by atoms with Gasteiger partial charge in [-0.1, -0.05) is 31.0 Å². The van der Waals surface area contributed by atoms with Gasteiger partial charge in [0.25, 0.3) is 0 Å². The van der Waals surface area contributed by atoms with Crippen molar-refractivity contribution in [2.45, 2.75) is 31.8 Å². The molecule has 1 amide bonds. The van der Waals surface area contributed by atoms with Crippen molar-refractivity contribution in [2.24, 2.45) is 5.92 Å². The molecule has 0 aliphatic heterocycles. The number of aliphatic hydroxyl groups is 1. The Hall–Kier alpha value is -2.20. The third kappa shape index (κ3) is 3.96. The summed E-state index contributed by atoms with van der Waals surface area (Å²) in [6, 6.07) is 9.73. The number of nitrogens with zero attached hydrogens (tertiary/aromatic N) is 1. The molecule has 2 aromatic rings. The fraction of sp³-hybridized carbons (Fsp3) is 0.368. The number of pyridine rings is 1. The van der Waals surface area contributed by atoms with Crippen molar-refractivity contribution in [3.8, 4) is 0 Å². The number of carbonyl (C=O) groups is 1. The highest BCUT2D eigenvalue weighted by molar-refractivity contribution is 5.95. The average molecular weight is 310 g/mol. The van der Waals surface area contributed by atoms with Gasteiger partial charge in [-0.05, 0) is 42.5 Å². The van der Waals surface area contributed by atoms with Crippen LogP contribution in [-0.4, -0.2) is 28.6 Å². The number of nitrogens with one attached hydrogen (secondary N) is 1. The lowest BCUT2D eigenvalue weighted by atomic mass is 10.0. The summed E-state index contributed by atoms with van der Waals surface area (Å²) >= 11 is 0. The second-order valence-electron chi connectivity index (χ2n) is 6.11. The molecule has 1 heterocycles. The number of fused-ring (bicyclic) bond motifs is 1. The Morgan fingerprint density at radius 2 is 2.09 bits per heavy atom. The molecule has 1 aliphatic carbocycles. The molecule has 0 radical (unpaired) electrons. The molecular formula is C19H22N2O2. The zero-order chi connectivity index (χ0) is 16.1. The molecule has 1 saturated carbocycles. The monoisotopic (exact) mass is 310 g/mol. The molecule has 0 saturated heterocycles. The summed E-state index contributed by atoms with van der Waals surface area (Å²) in [5, 5.41) is 13.9. The smallest absolute Gasteiger partial charge is 0.244 e.